The molecule has 27 heavy (non-hydrogen) atoms. The minimum absolute atomic E-state index is 0.0343. The van der Waals surface area contributed by atoms with Crippen molar-refractivity contribution in [3.63, 3.8) is 0 Å². The van der Waals surface area contributed by atoms with Crippen molar-refractivity contribution in [1.82, 2.24) is 15.6 Å². The van der Waals surface area contributed by atoms with Crippen molar-refractivity contribution in [2.45, 2.75) is 18.6 Å². The van der Waals surface area contributed by atoms with Crippen LogP contribution in [0, 0.1) is 10.6 Å². The number of aliphatic hydroxyl groups excluding tert-OH is 1. The minimum atomic E-state index is -2.85. The fourth-order valence-electron chi connectivity index (χ4n) is 2.81. The van der Waals surface area contributed by atoms with Gasteiger partial charge in [0, 0.05) is 22.5 Å². The molecule has 2 unspecified atom stereocenters. The van der Waals surface area contributed by atoms with E-state index in [1.807, 2.05) is 0 Å². The van der Waals surface area contributed by atoms with Crippen LogP contribution in [0.15, 0.2) is 28.0 Å². The number of halogens is 1. The molecule has 3 rings (SSSR count). The number of aromatic nitrogens is 2. The summed E-state index contributed by atoms with van der Waals surface area (Å²) in [6.07, 6.45) is 0.808. The van der Waals surface area contributed by atoms with Crippen LogP contribution in [0.2, 0.25) is 0 Å². The molecule has 146 valence electrons. The van der Waals surface area contributed by atoms with Gasteiger partial charge in [-0.1, -0.05) is 11.2 Å². The standard InChI is InChI=1S/C15H19FN6O4S/c1-27(17,25)7-10(23)6-18-14-13(21-26-22-14)15(20-24)19-12-4-8-2-3-9(16)5-11(8)12/h2-3,5,10,12,17,23-24H,4,6-7H2,1H3,(H,18,22)(H,19,20)/t10?,12-,27?/m0/s1. The molecule has 1 aliphatic carbocycles. The van der Waals surface area contributed by atoms with Gasteiger partial charge < -0.3 is 20.9 Å². The number of hydrogen-bond donors (Lipinski definition) is 5. The number of oxime groups is 1. The Hall–Kier alpha value is -2.73. The van der Waals surface area contributed by atoms with Crippen LogP contribution in [0.4, 0.5) is 10.2 Å². The first-order chi connectivity index (χ1) is 12.8. The van der Waals surface area contributed by atoms with Crippen molar-refractivity contribution in [3.05, 3.63) is 40.8 Å². The van der Waals surface area contributed by atoms with Gasteiger partial charge in [0.05, 0.1) is 17.9 Å². The molecule has 0 amide bonds. The summed E-state index contributed by atoms with van der Waals surface area (Å²) >= 11 is 0. The van der Waals surface area contributed by atoms with Crippen LogP contribution in [0.1, 0.15) is 22.9 Å². The quantitative estimate of drug-likeness (QED) is 0.197. The summed E-state index contributed by atoms with van der Waals surface area (Å²) < 4.78 is 36.8. The third-order valence-electron chi connectivity index (χ3n) is 4.05. The molecular formula is C15H19FN6O4S. The number of hydrogen-bond acceptors (Lipinski definition) is 9. The van der Waals surface area contributed by atoms with E-state index in [-0.39, 0.29) is 41.5 Å². The average molecular weight is 398 g/mol. The second kappa shape index (κ2) is 7.48. The number of nitrogens with one attached hydrogen (secondary N) is 3. The monoisotopic (exact) mass is 398 g/mol. The normalized spacial score (nSPS) is 19.5. The van der Waals surface area contributed by atoms with E-state index in [0.29, 0.717) is 6.42 Å². The van der Waals surface area contributed by atoms with Crippen molar-refractivity contribution in [2.24, 2.45) is 5.16 Å². The number of fused-ring (bicyclic) bond motifs is 1. The highest BCUT2D eigenvalue weighted by Gasteiger charge is 2.29. The molecule has 3 atom stereocenters. The first-order valence-electron chi connectivity index (χ1n) is 8.00. The van der Waals surface area contributed by atoms with Gasteiger partial charge in [-0.05, 0) is 40.0 Å². The molecule has 1 aromatic heterocycles. The van der Waals surface area contributed by atoms with Crippen LogP contribution in [0.25, 0.3) is 0 Å². The van der Waals surface area contributed by atoms with Gasteiger partial charge in [0.2, 0.25) is 5.82 Å². The molecular weight excluding hydrogens is 379 g/mol. The zero-order valence-corrected chi connectivity index (χ0v) is 15.2. The van der Waals surface area contributed by atoms with E-state index in [4.69, 9.17) is 4.78 Å². The van der Waals surface area contributed by atoms with E-state index in [1.54, 1.807) is 6.07 Å². The first-order valence-corrected chi connectivity index (χ1v) is 10.1. The topological polar surface area (TPSA) is 157 Å². The van der Waals surface area contributed by atoms with Crippen molar-refractivity contribution in [2.75, 3.05) is 23.9 Å². The van der Waals surface area contributed by atoms with Crippen LogP contribution in [-0.4, -0.2) is 55.3 Å². The number of benzene rings is 1. The average Bonchev–Trinajstić information content (AvgIpc) is 3.03. The first kappa shape index (κ1) is 19.0. The van der Waals surface area contributed by atoms with Gasteiger partial charge in [0.15, 0.2) is 11.5 Å². The summed E-state index contributed by atoms with van der Waals surface area (Å²) in [5, 5.41) is 35.3. The maximum Gasteiger partial charge on any atom is 0.202 e. The maximum atomic E-state index is 13.4. The summed E-state index contributed by atoms with van der Waals surface area (Å²) in [5.74, 6) is -0.498. The Kier molecular flexibility index (Phi) is 5.28. The number of anilines is 1. The lowest BCUT2D eigenvalue weighted by atomic mass is 9.83. The smallest absolute Gasteiger partial charge is 0.202 e. The number of rotatable bonds is 7. The molecule has 0 spiro atoms. The predicted molar refractivity (Wildman–Crippen MR) is 94.8 cm³/mol. The molecule has 5 N–H and O–H groups in total. The molecule has 0 aliphatic heterocycles. The Morgan fingerprint density at radius 3 is 3.04 bits per heavy atom. The van der Waals surface area contributed by atoms with Crippen LogP contribution < -0.4 is 10.6 Å². The molecule has 0 fully saturated rings. The Morgan fingerprint density at radius 1 is 1.56 bits per heavy atom. The lowest BCUT2D eigenvalue weighted by Crippen LogP contribution is -2.37. The Labute approximate surface area is 154 Å². The van der Waals surface area contributed by atoms with Crippen molar-refractivity contribution in [1.29, 1.82) is 4.78 Å². The summed E-state index contributed by atoms with van der Waals surface area (Å²) in [5.41, 5.74) is 1.81. The Bertz CT molecular complexity index is 961. The van der Waals surface area contributed by atoms with E-state index in [9.17, 15) is 18.9 Å². The van der Waals surface area contributed by atoms with E-state index < -0.39 is 15.8 Å². The van der Waals surface area contributed by atoms with Gasteiger partial charge in [-0.15, -0.1) is 0 Å². The maximum absolute atomic E-state index is 13.4. The highest BCUT2D eigenvalue weighted by molar-refractivity contribution is 7.91. The predicted octanol–water partition coefficient (Wildman–Crippen LogP) is 0.681. The third kappa shape index (κ3) is 4.52. The lowest BCUT2D eigenvalue weighted by Gasteiger charge is -2.31. The zero-order chi connectivity index (χ0) is 19.6. The summed E-state index contributed by atoms with van der Waals surface area (Å²) in [6, 6.07) is 4.23. The van der Waals surface area contributed by atoms with Gasteiger partial charge in [-0.3, -0.25) is 8.99 Å². The van der Waals surface area contributed by atoms with E-state index in [1.165, 1.54) is 18.4 Å². The Balaban J connectivity index is 1.66. The van der Waals surface area contributed by atoms with Crippen molar-refractivity contribution >= 4 is 21.4 Å². The zero-order valence-electron chi connectivity index (χ0n) is 14.3. The molecule has 0 bridgehead atoms. The molecule has 10 nitrogen and oxygen atoms in total. The third-order valence-corrected chi connectivity index (χ3v) is 5.07. The van der Waals surface area contributed by atoms with Gasteiger partial charge >= 0.3 is 0 Å². The SMILES string of the molecule is CS(=N)(=O)CC(O)CNc1nonc1C(=NO)N[C@H]1Cc2ccc(F)cc21. The molecule has 1 heterocycles. The fraction of sp³-hybridized carbons (Fsp3) is 0.400. The second-order valence-corrected chi connectivity index (χ2v) is 8.70. The van der Waals surface area contributed by atoms with Crippen molar-refractivity contribution in [3.8, 4) is 0 Å². The van der Waals surface area contributed by atoms with Gasteiger partial charge in [0.25, 0.3) is 0 Å². The van der Waals surface area contributed by atoms with Crippen LogP contribution in [-0.2, 0) is 16.1 Å². The Morgan fingerprint density at radius 2 is 2.33 bits per heavy atom. The molecule has 0 saturated carbocycles. The van der Waals surface area contributed by atoms with Crippen LogP contribution >= 0.6 is 0 Å². The largest absolute Gasteiger partial charge is 0.409 e. The van der Waals surface area contributed by atoms with Crippen molar-refractivity contribution < 1.29 is 23.5 Å². The molecule has 0 radical (unpaired) electrons. The highest BCUT2D eigenvalue weighted by Crippen LogP contribution is 2.33. The van der Waals surface area contributed by atoms with E-state index in [2.05, 4.69) is 30.7 Å². The summed E-state index contributed by atoms with van der Waals surface area (Å²) in [7, 11) is -2.85. The number of amidine groups is 1. The fourth-order valence-corrected chi connectivity index (χ4v) is 3.67. The number of aliphatic hydroxyl groups is 1. The van der Waals surface area contributed by atoms with E-state index in [0.717, 1.165) is 11.1 Å². The molecule has 12 heteroatoms. The van der Waals surface area contributed by atoms with Gasteiger partial charge in [-0.2, -0.15) is 0 Å². The molecule has 0 saturated heterocycles. The van der Waals surface area contributed by atoms with Crippen LogP contribution in [0.5, 0.6) is 0 Å². The lowest BCUT2D eigenvalue weighted by molar-refractivity contribution is 0.211. The van der Waals surface area contributed by atoms with E-state index >= 15 is 0 Å². The molecule has 1 aliphatic rings. The summed E-state index contributed by atoms with van der Waals surface area (Å²) in [4.78, 5) is 0. The van der Waals surface area contributed by atoms with Crippen LogP contribution in [0.3, 0.4) is 0 Å². The highest BCUT2D eigenvalue weighted by atomic mass is 32.2. The molecule has 2 aromatic rings. The summed E-state index contributed by atoms with van der Waals surface area (Å²) in [6.45, 7) is -0.0545. The van der Waals surface area contributed by atoms with Gasteiger partial charge in [-0.25, -0.2) is 9.02 Å². The minimum Gasteiger partial charge on any atom is -0.409 e. The van der Waals surface area contributed by atoms with Gasteiger partial charge in [0.1, 0.15) is 5.82 Å². The second-order valence-electron chi connectivity index (χ2n) is 6.36. The number of nitrogens with zero attached hydrogens (tertiary/aromatic N) is 3. The molecule has 1 aromatic carbocycles.